The van der Waals surface area contributed by atoms with Gasteiger partial charge in [-0.2, -0.15) is 5.10 Å². The smallest absolute Gasteiger partial charge is 0.252 e. The third kappa shape index (κ3) is 4.10. The SMILES string of the molecule is Cc1ccc(OC([SiH3])[C@@H]2CCN2C)cc1C(=O)NC1(c2cc(-c3cn[nH]c3)cc3ncccc23)CC1. The van der Waals surface area contributed by atoms with Gasteiger partial charge in [-0.1, -0.05) is 12.1 Å². The van der Waals surface area contributed by atoms with Gasteiger partial charge in [-0.25, -0.2) is 0 Å². The molecule has 1 aliphatic heterocycles. The molecule has 3 heterocycles. The van der Waals surface area contributed by atoms with E-state index in [9.17, 15) is 4.79 Å². The first-order chi connectivity index (χ1) is 17.4. The number of nitrogens with zero attached hydrogens (tertiary/aromatic N) is 3. The highest BCUT2D eigenvalue weighted by atomic mass is 28.1. The maximum Gasteiger partial charge on any atom is 0.252 e. The Morgan fingerprint density at radius 1 is 1.25 bits per heavy atom. The third-order valence-electron chi connectivity index (χ3n) is 7.83. The van der Waals surface area contributed by atoms with Crippen molar-refractivity contribution in [1.29, 1.82) is 0 Å². The van der Waals surface area contributed by atoms with Crippen molar-refractivity contribution in [3.05, 3.63) is 77.7 Å². The molecule has 0 bridgehead atoms. The molecule has 184 valence electrons. The summed E-state index contributed by atoms with van der Waals surface area (Å²) < 4.78 is 6.30. The van der Waals surface area contributed by atoms with Gasteiger partial charge in [-0.05, 0) is 86.8 Å². The number of hydrogen-bond donors (Lipinski definition) is 2. The number of carbonyl (C=O) groups is 1. The Morgan fingerprint density at radius 3 is 2.81 bits per heavy atom. The maximum absolute atomic E-state index is 13.6. The number of likely N-dealkylation sites (tertiary alicyclic amines) is 1. The number of aromatic amines is 1. The standard InChI is InChI=1S/C28H31N5O2Si/c1-17-5-6-20(35-27(36)25-7-11-33(25)2)14-22(17)26(34)32-28(8-9-28)23-12-18(19-15-30-31-16-19)13-24-21(23)4-3-10-29-24/h3-6,10,12-16,25,27H,7-9,11H2,1-2,36H3,(H,30,31)(H,32,34)/t25-,27?/m0/s1. The van der Waals surface area contributed by atoms with E-state index in [0.717, 1.165) is 68.5 Å². The number of benzene rings is 2. The number of ether oxygens (including phenoxy) is 1. The number of aryl methyl sites for hydroxylation is 1. The molecule has 1 saturated carbocycles. The van der Waals surface area contributed by atoms with Crippen LogP contribution in [0.15, 0.2) is 61.1 Å². The number of carbonyl (C=O) groups excluding carboxylic acids is 1. The fourth-order valence-electron chi connectivity index (χ4n) is 5.37. The zero-order valence-corrected chi connectivity index (χ0v) is 22.9. The molecule has 2 N–H and O–H groups in total. The molecule has 0 spiro atoms. The van der Waals surface area contributed by atoms with Gasteiger partial charge in [0.1, 0.15) is 5.75 Å². The first-order valence-corrected chi connectivity index (χ1v) is 13.8. The predicted octanol–water partition coefficient (Wildman–Crippen LogP) is 3.13. The zero-order valence-electron chi connectivity index (χ0n) is 20.9. The highest BCUT2D eigenvalue weighted by Gasteiger charge is 2.47. The molecule has 2 aromatic heterocycles. The van der Waals surface area contributed by atoms with Crippen LogP contribution in [0.5, 0.6) is 5.75 Å². The minimum absolute atomic E-state index is 0.0631. The average Bonchev–Trinajstić information content (AvgIpc) is 3.42. The van der Waals surface area contributed by atoms with Crippen molar-refractivity contribution in [2.24, 2.45) is 0 Å². The van der Waals surface area contributed by atoms with Gasteiger partial charge >= 0.3 is 0 Å². The largest absolute Gasteiger partial charge is 0.494 e. The molecule has 0 radical (unpaired) electrons. The Labute approximate surface area is 213 Å². The summed E-state index contributed by atoms with van der Waals surface area (Å²) in [6, 6.07) is 14.7. The van der Waals surface area contributed by atoms with Gasteiger partial charge in [0.15, 0.2) is 0 Å². The lowest BCUT2D eigenvalue weighted by molar-refractivity contribution is 0.0562. The quantitative estimate of drug-likeness (QED) is 0.384. The van der Waals surface area contributed by atoms with Crippen molar-refractivity contribution >= 4 is 27.1 Å². The van der Waals surface area contributed by atoms with Gasteiger partial charge in [-0.15, -0.1) is 0 Å². The summed E-state index contributed by atoms with van der Waals surface area (Å²) in [7, 11) is 3.09. The molecule has 7 nitrogen and oxygen atoms in total. The number of nitrogens with one attached hydrogen (secondary N) is 2. The molecule has 1 unspecified atom stereocenters. The van der Waals surface area contributed by atoms with E-state index in [0.29, 0.717) is 11.6 Å². The molecule has 1 saturated heterocycles. The van der Waals surface area contributed by atoms with Gasteiger partial charge < -0.3 is 15.0 Å². The molecule has 2 atom stereocenters. The molecule has 2 aromatic carbocycles. The van der Waals surface area contributed by atoms with Gasteiger partial charge in [0.05, 0.1) is 33.2 Å². The van der Waals surface area contributed by atoms with E-state index in [2.05, 4.69) is 50.6 Å². The van der Waals surface area contributed by atoms with E-state index in [1.165, 1.54) is 6.42 Å². The number of hydrogen-bond acceptors (Lipinski definition) is 5. The predicted molar refractivity (Wildman–Crippen MR) is 144 cm³/mol. The van der Waals surface area contributed by atoms with Crippen molar-refractivity contribution in [3.63, 3.8) is 0 Å². The molecular formula is C28H31N5O2Si. The number of fused-ring (bicyclic) bond motifs is 1. The van der Waals surface area contributed by atoms with Crippen LogP contribution < -0.4 is 10.1 Å². The Hall–Kier alpha value is -3.49. The molecule has 1 aliphatic carbocycles. The van der Waals surface area contributed by atoms with Crippen LogP contribution >= 0.6 is 0 Å². The first-order valence-electron chi connectivity index (χ1n) is 12.6. The van der Waals surface area contributed by atoms with E-state index in [1.54, 1.807) is 0 Å². The maximum atomic E-state index is 13.6. The Kier molecular flexibility index (Phi) is 5.65. The summed E-state index contributed by atoms with van der Waals surface area (Å²) in [5, 5.41) is 11.5. The number of rotatable bonds is 7. The second kappa shape index (κ2) is 8.87. The number of likely N-dealkylation sites (N-methyl/N-ethyl adjacent to an activating group) is 1. The van der Waals surface area contributed by atoms with Crippen molar-refractivity contribution < 1.29 is 9.53 Å². The summed E-state index contributed by atoms with van der Waals surface area (Å²) >= 11 is 0. The summed E-state index contributed by atoms with van der Waals surface area (Å²) in [5.41, 5.74) is 5.48. The van der Waals surface area contributed by atoms with Crippen molar-refractivity contribution in [2.75, 3.05) is 13.6 Å². The number of amides is 1. The topological polar surface area (TPSA) is 83.1 Å². The van der Waals surface area contributed by atoms with E-state index < -0.39 is 5.54 Å². The monoisotopic (exact) mass is 497 g/mol. The van der Waals surface area contributed by atoms with E-state index in [-0.39, 0.29) is 11.6 Å². The van der Waals surface area contributed by atoms with Crippen LogP contribution in [0.25, 0.3) is 22.0 Å². The highest BCUT2D eigenvalue weighted by Crippen LogP contribution is 2.49. The van der Waals surface area contributed by atoms with Crippen LogP contribution in [-0.2, 0) is 5.54 Å². The lowest BCUT2D eigenvalue weighted by Gasteiger charge is -2.41. The van der Waals surface area contributed by atoms with Crippen molar-refractivity contribution in [1.82, 2.24) is 25.4 Å². The van der Waals surface area contributed by atoms with Crippen LogP contribution in [0.4, 0.5) is 0 Å². The second-order valence-electron chi connectivity index (χ2n) is 10.3. The van der Waals surface area contributed by atoms with Gasteiger partial charge in [0.2, 0.25) is 0 Å². The lowest BCUT2D eigenvalue weighted by atomic mass is 9.94. The molecule has 1 amide bonds. The fourth-order valence-corrected chi connectivity index (χ4v) is 6.48. The molecule has 2 aliphatic rings. The number of H-pyrrole nitrogens is 1. The van der Waals surface area contributed by atoms with E-state index in [1.807, 2.05) is 49.8 Å². The fraction of sp³-hybridized carbons (Fsp3) is 0.321. The zero-order chi connectivity index (χ0) is 24.9. The van der Waals surface area contributed by atoms with E-state index in [4.69, 9.17) is 4.74 Å². The van der Waals surface area contributed by atoms with Gasteiger partial charge in [0, 0.05) is 34.9 Å². The Balaban J connectivity index is 1.30. The molecule has 4 aromatic rings. The minimum Gasteiger partial charge on any atom is -0.494 e. The van der Waals surface area contributed by atoms with Crippen LogP contribution in [0, 0.1) is 6.92 Å². The van der Waals surface area contributed by atoms with Crippen molar-refractivity contribution in [2.45, 2.75) is 43.5 Å². The molecule has 36 heavy (non-hydrogen) atoms. The summed E-state index contributed by atoms with van der Waals surface area (Å²) in [6.07, 6.45) is 8.46. The first kappa shape index (κ1) is 22.9. The molecule has 2 fully saturated rings. The lowest BCUT2D eigenvalue weighted by Crippen LogP contribution is -2.53. The van der Waals surface area contributed by atoms with Gasteiger partial charge in [0.25, 0.3) is 5.91 Å². The highest BCUT2D eigenvalue weighted by molar-refractivity contribution is 6.11. The molecule has 6 rings (SSSR count). The summed E-state index contributed by atoms with van der Waals surface area (Å²) in [5.74, 6) is 0.708. The average molecular weight is 498 g/mol. The van der Waals surface area contributed by atoms with Crippen LogP contribution in [0.3, 0.4) is 0 Å². The van der Waals surface area contributed by atoms with Crippen molar-refractivity contribution in [3.8, 4) is 16.9 Å². The van der Waals surface area contributed by atoms with E-state index >= 15 is 0 Å². The van der Waals surface area contributed by atoms with Crippen LogP contribution in [0.2, 0.25) is 0 Å². The number of aromatic nitrogens is 3. The normalized spacial score (nSPS) is 19.6. The number of pyridine rings is 1. The summed E-state index contributed by atoms with van der Waals surface area (Å²) in [4.78, 5) is 20.6. The van der Waals surface area contributed by atoms with Gasteiger partial charge in [-0.3, -0.25) is 14.9 Å². The molecular weight excluding hydrogens is 466 g/mol. The molecule has 8 heteroatoms. The van der Waals surface area contributed by atoms with Crippen LogP contribution in [-0.4, -0.2) is 61.6 Å². The minimum atomic E-state index is -0.406. The second-order valence-corrected chi connectivity index (χ2v) is 11.4. The third-order valence-corrected chi connectivity index (χ3v) is 8.84. The summed E-state index contributed by atoms with van der Waals surface area (Å²) in [6.45, 7) is 3.11. The Bertz CT molecular complexity index is 1430. The Morgan fingerprint density at radius 2 is 2.11 bits per heavy atom. The van der Waals surface area contributed by atoms with Crippen LogP contribution in [0.1, 0.15) is 40.7 Å².